The van der Waals surface area contributed by atoms with Crippen molar-refractivity contribution in [2.45, 2.75) is 6.92 Å². The summed E-state index contributed by atoms with van der Waals surface area (Å²) >= 11 is 0. The molecule has 28 heavy (non-hydrogen) atoms. The van der Waals surface area contributed by atoms with Crippen LogP contribution in [0, 0.1) is 12.7 Å². The van der Waals surface area contributed by atoms with E-state index in [0.717, 1.165) is 5.56 Å². The van der Waals surface area contributed by atoms with Crippen LogP contribution in [0.15, 0.2) is 66.7 Å². The van der Waals surface area contributed by atoms with Crippen molar-refractivity contribution in [1.82, 2.24) is 0 Å². The van der Waals surface area contributed by atoms with Gasteiger partial charge >= 0.3 is 0 Å². The van der Waals surface area contributed by atoms with E-state index in [4.69, 9.17) is 5.11 Å². The van der Waals surface area contributed by atoms with E-state index in [-0.39, 0.29) is 11.3 Å². The Labute approximate surface area is 161 Å². The van der Waals surface area contributed by atoms with Gasteiger partial charge in [-0.1, -0.05) is 36.4 Å². The van der Waals surface area contributed by atoms with Crippen molar-refractivity contribution >= 4 is 28.8 Å². The van der Waals surface area contributed by atoms with Crippen LogP contribution in [-0.2, 0) is 4.79 Å². The average molecular weight is 378 g/mol. The highest BCUT2D eigenvalue weighted by molar-refractivity contribution is 6.10. The molecular formula is C22H19FN2O3. The van der Waals surface area contributed by atoms with Crippen LogP contribution < -0.4 is 10.6 Å². The molecule has 3 rings (SSSR count). The van der Waals surface area contributed by atoms with Gasteiger partial charge < -0.3 is 15.7 Å². The van der Waals surface area contributed by atoms with Crippen LogP contribution in [0.2, 0.25) is 0 Å². The van der Waals surface area contributed by atoms with Crippen molar-refractivity contribution in [3.63, 3.8) is 0 Å². The van der Waals surface area contributed by atoms with Crippen molar-refractivity contribution in [3.05, 3.63) is 89.2 Å². The highest BCUT2D eigenvalue weighted by atomic mass is 19.1. The molecule has 0 radical (unpaired) electrons. The molecule has 0 saturated carbocycles. The number of carbonyl (C=O) groups excluding carboxylic acids is 2. The first-order valence-electron chi connectivity index (χ1n) is 8.66. The van der Waals surface area contributed by atoms with Crippen molar-refractivity contribution in [2.75, 3.05) is 17.2 Å². The molecule has 3 N–H and O–H groups in total. The summed E-state index contributed by atoms with van der Waals surface area (Å²) in [5, 5.41) is 14.5. The molecule has 0 atom stereocenters. The summed E-state index contributed by atoms with van der Waals surface area (Å²) in [5.74, 6) is -1.58. The maximum Gasteiger partial charge on any atom is 0.250 e. The first-order chi connectivity index (χ1) is 13.5. The van der Waals surface area contributed by atoms with Crippen molar-refractivity contribution in [1.29, 1.82) is 0 Å². The second-order valence-corrected chi connectivity index (χ2v) is 6.22. The predicted molar refractivity (Wildman–Crippen MR) is 106 cm³/mol. The Bertz CT molecular complexity index is 1030. The molecule has 0 saturated heterocycles. The van der Waals surface area contributed by atoms with E-state index >= 15 is 0 Å². The quantitative estimate of drug-likeness (QED) is 0.566. The molecule has 6 heteroatoms. The Morgan fingerprint density at radius 2 is 1.61 bits per heavy atom. The molecule has 0 aliphatic carbocycles. The molecule has 142 valence electrons. The number of para-hydroxylation sites is 2. The number of benzene rings is 3. The lowest BCUT2D eigenvalue weighted by atomic mass is 9.98. The Kier molecular flexibility index (Phi) is 5.81. The molecule has 0 aliphatic heterocycles. The third-order valence-corrected chi connectivity index (χ3v) is 4.23. The predicted octanol–water partition coefficient (Wildman–Crippen LogP) is 4.04. The summed E-state index contributed by atoms with van der Waals surface area (Å²) in [6, 6.07) is 18.1. The van der Waals surface area contributed by atoms with Gasteiger partial charge in [-0.25, -0.2) is 4.39 Å². The molecular weight excluding hydrogens is 359 g/mol. The maximum atomic E-state index is 14.6. The molecule has 0 fully saturated rings. The minimum atomic E-state index is -0.643. The van der Waals surface area contributed by atoms with E-state index in [1.54, 1.807) is 55.5 Å². The second-order valence-electron chi connectivity index (χ2n) is 6.22. The number of anilines is 3. The summed E-state index contributed by atoms with van der Waals surface area (Å²) in [6.07, 6.45) is 0. The van der Waals surface area contributed by atoms with Crippen LogP contribution in [0.3, 0.4) is 0 Å². The number of nitrogens with one attached hydrogen (secondary N) is 2. The highest BCUT2D eigenvalue weighted by Gasteiger charge is 2.16. The molecule has 1 amide bonds. The lowest BCUT2D eigenvalue weighted by Gasteiger charge is -2.13. The third kappa shape index (κ3) is 4.24. The molecule has 3 aromatic rings. The lowest BCUT2D eigenvalue weighted by Crippen LogP contribution is -2.16. The molecule has 0 heterocycles. The van der Waals surface area contributed by atoms with Gasteiger partial charge in [0.25, 0.3) is 0 Å². The normalized spacial score (nSPS) is 10.4. The monoisotopic (exact) mass is 378 g/mol. The fourth-order valence-electron chi connectivity index (χ4n) is 2.80. The Morgan fingerprint density at radius 1 is 0.929 bits per heavy atom. The SMILES string of the molecule is Cc1ccccc1C(=O)c1ccc(Nc2ccccc2NC(=O)CO)cc1F. The zero-order valence-corrected chi connectivity index (χ0v) is 15.2. The Morgan fingerprint density at radius 3 is 2.29 bits per heavy atom. The van der Waals surface area contributed by atoms with E-state index in [1.165, 1.54) is 12.1 Å². The van der Waals surface area contributed by atoms with Gasteiger partial charge in [-0.2, -0.15) is 0 Å². The first-order valence-corrected chi connectivity index (χ1v) is 8.66. The average Bonchev–Trinajstić information content (AvgIpc) is 2.69. The summed E-state index contributed by atoms with van der Waals surface area (Å²) in [4.78, 5) is 24.1. The summed E-state index contributed by atoms with van der Waals surface area (Å²) in [6.45, 7) is 1.16. The Hall–Kier alpha value is -3.51. The van der Waals surface area contributed by atoms with Crippen LogP contribution >= 0.6 is 0 Å². The van der Waals surface area contributed by atoms with E-state index in [9.17, 15) is 14.0 Å². The smallest absolute Gasteiger partial charge is 0.250 e. The van der Waals surface area contributed by atoms with Gasteiger partial charge in [-0.05, 0) is 42.8 Å². The number of hydrogen-bond acceptors (Lipinski definition) is 4. The van der Waals surface area contributed by atoms with Gasteiger partial charge in [0.15, 0.2) is 5.78 Å². The van der Waals surface area contributed by atoms with Crippen LogP contribution in [0.5, 0.6) is 0 Å². The van der Waals surface area contributed by atoms with Gasteiger partial charge in [0, 0.05) is 11.3 Å². The first kappa shape index (κ1) is 19.3. The van der Waals surface area contributed by atoms with Gasteiger partial charge in [0.2, 0.25) is 5.91 Å². The van der Waals surface area contributed by atoms with E-state index < -0.39 is 18.3 Å². The number of amides is 1. The number of aliphatic hydroxyl groups is 1. The van der Waals surface area contributed by atoms with E-state index in [1.807, 2.05) is 6.07 Å². The number of carbonyl (C=O) groups is 2. The number of aliphatic hydroxyl groups excluding tert-OH is 1. The second kappa shape index (κ2) is 8.45. The summed E-state index contributed by atoms with van der Waals surface area (Å²) < 4.78 is 14.6. The fourth-order valence-corrected chi connectivity index (χ4v) is 2.80. The molecule has 0 spiro atoms. The van der Waals surface area contributed by atoms with Crippen molar-refractivity contribution in [2.24, 2.45) is 0 Å². The lowest BCUT2D eigenvalue weighted by molar-refractivity contribution is -0.118. The topological polar surface area (TPSA) is 78.4 Å². The van der Waals surface area contributed by atoms with Crippen molar-refractivity contribution in [3.8, 4) is 0 Å². The third-order valence-electron chi connectivity index (χ3n) is 4.23. The number of hydrogen-bond donors (Lipinski definition) is 3. The number of halogens is 1. The van der Waals surface area contributed by atoms with Crippen LogP contribution in [0.1, 0.15) is 21.5 Å². The van der Waals surface area contributed by atoms with E-state index in [2.05, 4.69) is 10.6 Å². The van der Waals surface area contributed by atoms with Crippen molar-refractivity contribution < 1.29 is 19.1 Å². The largest absolute Gasteiger partial charge is 0.387 e. The standard InChI is InChI=1S/C22H19FN2O3/c1-14-6-2-3-7-16(14)22(28)17-11-10-15(12-18(17)23)24-19-8-4-5-9-20(19)25-21(27)13-26/h2-12,24,26H,13H2,1H3,(H,25,27). The minimum Gasteiger partial charge on any atom is -0.387 e. The van der Waals surface area contributed by atoms with Gasteiger partial charge in [-0.15, -0.1) is 0 Å². The number of aryl methyl sites for hydroxylation is 1. The molecule has 0 unspecified atom stereocenters. The summed E-state index contributed by atoms with van der Waals surface area (Å²) in [5.41, 5.74) is 2.62. The fraction of sp³-hybridized carbons (Fsp3) is 0.0909. The number of ketones is 1. The maximum absolute atomic E-state index is 14.6. The van der Waals surface area contributed by atoms with Gasteiger partial charge in [0.1, 0.15) is 12.4 Å². The molecule has 0 aliphatic rings. The van der Waals surface area contributed by atoms with Crippen LogP contribution in [0.25, 0.3) is 0 Å². The van der Waals surface area contributed by atoms with Gasteiger partial charge in [0.05, 0.1) is 16.9 Å². The zero-order valence-electron chi connectivity index (χ0n) is 15.2. The zero-order chi connectivity index (χ0) is 20.1. The van der Waals surface area contributed by atoms with Crippen LogP contribution in [0.4, 0.5) is 21.5 Å². The Balaban J connectivity index is 1.85. The van der Waals surface area contributed by atoms with E-state index in [0.29, 0.717) is 22.6 Å². The summed E-state index contributed by atoms with van der Waals surface area (Å²) in [7, 11) is 0. The highest BCUT2D eigenvalue weighted by Crippen LogP contribution is 2.27. The van der Waals surface area contributed by atoms with Crippen LogP contribution in [-0.4, -0.2) is 23.4 Å². The molecule has 5 nitrogen and oxygen atoms in total. The molecule has 0 bridgehead atoms. The number of rotatable bonds is 6. The molecule has 0 aromatic heterocycles. The van der Waals surface area contributed by atoms with Gasteiger partial charge in [-0.3, -0.25) is 9.59 Å². The minimum absolute atomic E-state index is 0.0123. The molecule has 3 aromatic carbocycles.